The molecule has 0 fully saturated rings. The fourth-order valence-electron chi connectivity index (χ4n) is 3.26. The van der Waals surface area contributed by atoms with Gasteiger partial charge in [-0.05, 0) is 59.2 Å². The second-order valence-corrected chi connectivity index (χ2v) is 11.8. The van der Waals surface area contributed by atoms with E-state index in [0.717, 1.165) is 53.2 Å². The molecule has 2 aromatic heterocycles. The number of aryl methyl sites for hydroxylation is 1. The number of sulfonamides is 1. The van der Waals surface area contributed by atoms with Crippen molar-refractivity contribution in [3.63, 3.8) is 0 Å². The first-order chi connectivity index (χ1) is 13.8. The lowest BCUT2D eigenvalue weighted by molar-refractivity contribution is 0.263. The molecule has 0 spiro atoms. The van der Waals surface area contributed by atoms with Crippen molar-refractivity contribution in [1.29, 1.82) is 0 Å². The maximum atomic E-state index is 12.5. The van der Waals surface area contributed by atoms with Crippen molar-refractivity contribution >= 4 is 48.3 Å². The summed E-state index contributed by atoms with van der Waals surface area (Å²) in [5, 5.41) is 0. The summed E-state index contributed by atoms with van der Waals surface area (Å²) in [5.74, 6) is 0.971. The summed E-state index contributed by atoms with van der Waals surface area (Å²) in [6.07, 6.45) is 0.986. The third-order valence-corrected chi connectivity index (χ3v) is 8.26. The summed E-state index contributed by atoms with van der Waals surface area (Å²) < 4.78 is 29.6. The SMILES string of the molecule is CCCn1c(CN(CC)Cc2ccc(Br)s2)nc2cc(S(=O)(=O)N(C)C)ccc21. The number of nitrogens with zero attached hydrogens (tertiary/aromatic N) is 4. The van der Waals surface area contributed by atoms with E-state index in [4.69, 9.17) is 4.98 Å². The number of aromatic nitrogens is 2. The molecule has 0 N–H and O–H groups in total. The monoisotopic (exact) mass is 498 g/mol. The highest BCUT2D eigenvalue weighted by Gasteiger charge is 2.20. The molecule has 0 aliphatic heterocycles. The van der Waals surface area contributed by atoms with Crippen molar-refractivity contribution in [2.45, 2.75) is 44.8 Å². The van der Waals surface area contributed by atoms with Gasteiger partial charge in [-0.2, -0.15) is 0 Å². The van der Waals surface area contributed by atoms with Gasteiger partial charge in [-0.1, -0.05) is 13.8 Å². The normalized spacial score (nSPS) is 12.5. The lowest BCUT2D eigenvalue weighted by atomic mass is 10.3. The molecule has 9 heteroatoms. The van der Waals surface area contributed by atoms with Gasteiger partial charge in [-0.15, -0.1) is 11.3 Å². The number of fused-ring (bicyclic) bond motifs is 1. The molecule has 0 aliphatic carbocycles. The molecule has 3 rings (SSSR count). The number of rotatable bonds is 9. The minimum atomic E-state index is -3.48. The summed E-state index contributed by atoms with van der Waals surface area (Å²) >= 11 is 5.28. The van der Waals surface area contributed by atoms with Gasteiger partial charge in [0, 0.05) is 32.1 Å². The smallest absolute Gasteiger partial charge is 0.242 e. The Hall–Kier alpha value is -1.26. The Morgan fingerprint density at radius 2 is 1.90 bits per heavy atom. The topological polar surface area (TPSA) is 58.4 Å². The average Bonchev–Trinajstić information content (AvgIpc) is 3.24. The lowest BCUT2D eigenvalue weighted by Gasteiger charge is -2.20. The van der Waals surface area contributed by atoms with Crippen molar-refractivity contribution in [2.75, 3.05) is 20.6 Å². The molecular weight excluding hydrogens is 472 g/mol. The quantitative estimate of drug-likeness (QED) is 0.434. The number of benzene rings is 1. The predicted octanol–water partition coefficient (Wildman–Crippen LogP) is 4.54. The van der Waals surface area contributed by atoms with Crippen LogP contribution >= 0.6 is 27.3 Å². The van der Waals surface area contributed by atoms with E-state index in [0.29, 0.717) is 0 Å². The van der Waals surface area contributed by atoms with E-state index in [9.17, 15) is 8.42 Å². The fourth-order valence-corrected chi connectivity index (χ4v) is 5.71. The fraction of sp³-hybridized carbons (Fsp3) is 0.450. The molecule has 158 valence electrons. The molecule has 0 radical (unpaired) electrons. The Kier molecular flexibility index (Phi) is 7.16. The van der Waals surface area contributed by atoms with E-state index in [2.05, 4.69) is 51.4 Å². The van der Waals surface area contributed by atoms with Gasteiger partial charge in [-0.3, -0.25) is 4.90 Å². The second-order valence-electron chi connectivity index (χ2n) is 7.13. The van der Waals surface area contributed by atoms with Crippen molar-refractivity contribution in [3.8, 4) is 0 Å². The first-order valence-electron chi connectivity index (χ1n) is 9.64. The van der Waals surface area contributed by atoms with Crippen LogP contribution < -0.4 is 0 Å². The number of thiophene rings is 1. The summed E-state index contributed by atoms with van der Waals surface area (Å²) in [4.78, 5) is 8.76. The molecule has 0 unspecified atom stereocenters. The molecular formula is C20H27BrN4O2S2. The molecule has 29 heavy (non-hydrogen) atoms. The van der Waals surface area contributed by atoms with Crippen LogP contribution in [-0.2, 0) is 29.7 Å². The van der Waals surface area contributed by atoms with E-state index in [1.54, 1.807) is 37.6 Å². The first kappa shape index (κ1) is 22.4. The van der Waals surface area contributed by atoms with Gasteiger partial charge in [-0.25, -0.2) is 17.7 Å². The van der Waals surface area contributed by atoms with Crippen molar-refractivity contribution in [3.05, 3.63) is 44.8 Å². The number of imidazole rings is 1. The molecule has 0 saturated carbocycles. The van der Waals surface area contributed by atoms with Crippen LogP contribution in [0.5, 0.6) is 0 Å². The Morgan fingerprint density at radius 3 is 2.48 bits per heavy atom. The summed E-state index contributed by atoms with van der Waals surface area (Å²) in [5.41, 5.74) is 1.71. The Morgan fingerprint density at radius 1 is 1.14 bits per heavy atom. The first-order valence-corrected chi connectivity index (χ1v) is 12.7. The number of halogens is 1. The van der Waals surface area contributed by atoms with Crippen LogP contribution in [0.1, 0.15) is 31.0 Å². The molecule has 0 saturated heterocycles. The van der Waals surface area contributed by atoms with Crippen LogP contribution in [0.2, 0.25) is 0 Å². The highest BCUT2D eigenvalue weighted by molar-refractivity contribution is 9.11. The number of hydrogen-bond donors (Lipinski definition) is 0. The average molecular weight is 500 g/mol. The maximum Gasteiger partial charge on any atom is 0.242 e. The van der Waals surface area contributed by atoms with Gasteiger partial charge < -0.3 is 4.57 Å². The largest absolute Gasteiger partial charge is 0.327 e. The van der Waals surface area contributed by atoms with Gasteiger partial charge in [0.25, 0.3) is 0 Å². The van der Waals surface area contributed by atoms with Gasteiger partial charge >= 0.3 is 0 Å². The highest BCUT2D eigenvalue weighted by Crippen LogP contribution is 2.26. The third kappa shape index (κ3) is 4.91. The summed E-state index contributed by atoms with van der Waals surface area (Å²) in [6.45, 7) is 7.64. The van der Waals surface area contributed by atoms with Gasteiger partial charge in [0.15, 0.2) is 0 Å². The Labute approximate surface area is 185 Å². The van der Waals surface area contributed by atoms with Gasteiger partial charge in [0.2, 0.25) is 10.0 Å². The third-order valence-electron chi connectivity index (χ3n) is 4.85. The zero-order chi connectivity index (χ0) is 21.2. The predicted molar refractivity (Wildman–Crippen MR) is 123 cm³/mol. The van der Waals surface area contributed by atoms with Crippen molar-refractivity contribution in [1.82, 2.24) is 18.8 Å². The van der Waals surface area contributed by atoms with Crippen molar-refractivity contribution in [2.24, 2.45) is 0 Å². The van der Waals surface area contributed by atoms with Crippen LogP contribution in [0.4, 0.5) is 0 Å². The molecule has 3 aromatic rings. The zero-order valence-electron chi connectivity index (χ0n) is 17.2. The Bertz CT molecular complexity index is 1090. The molecule has 0 atom stereocenters. The van der Waals surface area contributed by atoms with E-state index >= 15 is 0 Å². The molecule has 2 heterocycles. The molecule has 0 bridgehead atoms. The number of hydrogen-bond acceptors (Lipinski definition) is 5. The standard InChI is InChI=1S/C20H27BrN4O2S2/c1-5-11-25-18-9-8-16(29(26,27)23(3)4)12-17(18)22-20(25)14-24(6-2)13-15-7-10-19(21)28-15/h7-10,12H,5-6,11,13-14H2,1-4H3. The van der Waals surface area contributed by atoms with E-state index in [1.807, 2.05) is 6.07 Å². The second kappa shape index (κ2) is 9.26. The maximum absolute atomic E-state index is 12.5. The lowest BCUT2D eigenvalue weighted by Crippen LogP contribution is -2.24. The van der Waals surface area contributed by atoms with Crippen LogP contribution in [0.3, 0.4) is 0 Å². The Balaban J connectivity index is 1.96. The minimum absolute atomic E-state index is 0.276. The molecule has 0 aliphatic rings. The van der Waals surface area contributed by atoms with Crippen LogP contribution in [0.25, 0.3) is 11.0 Å². The van der Waals surface area contributed by atoms with Crippen molar-refractivity contribution < 1.29 is 8.42 Å². The van der Waals surface area contributed by atoms with Crippen LogP contribution in [-0.4, -0.2) is 47.8 Å². The minimum Gasteiger partial charge on any atom is -0.327 e. The molecule has 0 amide bonds. The molecule has 6 nitrogen and oxygen atoms in total. The highest BCUT2D eigenvalue weighted by atomic mass is 79.9. The van der Waals surface area contributed by atoms with Crippen LogP contribution in [0, 0.1) is 0 Å². The van der Waals surface area contributed by atoms with E-state index in [-0.39, 0.29) is 4.90 Å². The van der Waals surface area contributed by atoms with Crippen LogP contribution in [0.15, 0.2) is 39.0 Å². The van der Waals surface area contributed by atoms with E-state index in [1.165, 1.54) is 9.18 Å². The summed E-state index contributed by atoms with van der Waals surface area (Å²) in [7, 11) is -0.391. The molecule has 1 aromatic carbocycles. The van der Waals surface area contributed by atoms with E-state index < -0.39 is 10.0 Å². The zero-order valence-corrected chi connectivity index (χ0v) is 20.4. The summed E-state index contributed by atoms with van der Waals surface area (Å²) in [6, 6.07) is 9.46. The van der Waals surface area contributed by atoms with Gasteiger partial charge in [0.1, 0.15) is 5.82 Å². The van der Waals surface area contributed by atoms with Gasteiger partial charge in [0.05, 0.1) is 26.3 Å².